The molecule has 0 atom stereocenters. The highest BCUT2D eigenvalue weighted by molar-refractivity contribution is 8.26. The second-order valence-corrected chi connectivity index (χ2v) is 6.49. The fraction of sp³-hybridized carbons (Fsp3) is 0.333. The van der Waals surface area contributed by atoms with Gasteiger partial charge in [0.15, 0.2) is 5.17 Å². The van der Waals surface area contributed by atoms with Crippen molar-refractivity contribution in [2.75, 3.05) is 18.7 Å². The van der Waals surface area contributed by atoms with E-state index in [2.05, 4.69) is 11.6 Å². The lowest BCUT2D eigenvalue weighted by Gasteiger charge is -2.33. The van der Waals surface area contributed by atoms with Gasteiger partial charge in [-0.2, -0.15) is 5.01 Å². The van der Waals surface area contributed by atoms with Crippen LogP contribution in [0.3, 0.4) is 0 Å². The lowest BCUT2D eigenvalue weighted by Crippen LogP contribution is -2.46. The fourth-order valence-electron chi connectivity index (χ4n) is 1.89. The molecular formula is C15H18ClN3O2S. The summed E-state index contributed by atoms with van der Waals surface area (Å²) in [7, 11) is 1.92. The topological polar surface area (TPSA) is 45.1 Å². The molecule has 1 aliphatic rings. The summed E-state index contributed by atoms with van der Waals surface area (Å²) in [6.07, 6.45) is 1.53. The highest BCUT2D eigenvalue weighted by atomic mass is 35.5. The molecule has 1 heterocycles. The number of thioether (sulfide) groups is 1. The predicted molar refractivity (Wildman–Crippen MR) is 92.3 cm³/mol. The van der Waals surface area contributed by atoms with Crippen LogP contribution in [-0.2, 0) is 4.74 Å². The van der Waals surface area contributed by atoms with Crippen molar-refractivity contribution in [2.45, 2.75) is 19.5 Å². The molecule has 22 heavy (non-hydrogen) atoms. The summed E-state index contributed by atoms with van der Waals surface area (Å²) in [6.45, 7) is 7.64. The van der Waals surface area contributed by atoms with Gasteiger partial charge in [-0.25, -0.2) is 14.8 Å². The summed E-state index contributed by atoms with van der Waals surface area (Å²) >= 11 is 6.89. The summed E-state index contributed by atoms with van der Waals surface area (Å²) in [6, 6.07) is 7.36. The molecule has 0 saturated heterocycles. The number of halogens is 1. The Kier molecular flexibility index (Phi) is 5.16. The van der Waals surface area contributed by atoms with Gasteiger partial charge in [-0.1, -0.05) is 24.3 Å². The number of amidine groups is 1. The number of anilines is 1. The molecule has 0 bridgehead atoms. The Morgan fingerprint density at radius 1 is 1.45 bits per heavy atom. The minimum atomic E-state index is -0.458. The maximum absolute atomic E-state index is 11.9. The second kappa shape index (κ2) is 6.73. The molecule has 0 fully saturated rings. The van der Waals surface area contributed by atoms with E-state index in [0.29, 0.717) is 10.2 Å². The molecule has 0 aromatic heterocycles. The molecular weight excluding hydrogens is 322 g/mol. The normalized spacial score (nSPS) is 17.3. The largest absolute Gasteiger partial charge is 0.453 e. The summed E-state index contributed by atoms with van der Waals surface area (Å²) in [5.41, 5.74) is 0.418. The zero-order chi connectivity index (χ0) is 16.3. The van der Waals surface area contributed by atoms with Crippen molar-refractivity contribution in [1.82, 2.24) is 5.01 Å². The van der Waals surface area contributed by atoms with Crippen LogP contribution in [0.4, 0.5) is 10.5 Å². The summed E-state index contributed by atoms with van der Waals surface area (Å²) in [4.78, 5) is 16.5. The third kappa shape index (κ3) is 3.63. The highest BCUT2D eigenvalue weighted by Gasteiger charge is 2.39. The van der Waals surface area contributed by atoms with Crippen LogP contribution in [0.25, 0.3) is 0 Å². The van der Waals surface area contributed by atoms with Gasteiger partial charge in [0.1, 0.15) is 12.3 Å². The number of carbonyl (C=O) groups is 1. The molecule has 0 aliphatic carbocycles. The zero-order valence-electron chi connectivity index (χ0n) is 12.7. The highest BCUT2D eigenvalue weighted by Crippen LogP contribution is 2.34. The monoisotopic (exact) mass is 339 g/mol. The number of carbonyl (C=O) groups excluding carboxylic acids is 1. The van der Waals surface area contributed by atoms with Crippen molar-refractivity contribution in [3.8, 4) is 0 Å². The zero-order valence-corrected chi connectivity index (χ0v) is 14.3. The number of aliphatic imine (C=N–C) groups is 1. The van der Waals surface area contributed by atoms with E-state index in [-0.39, 0.29) is 6.61 Å². The number of nitrogens with zero attached hydrogens (tertiary/aromatic N) is 3. The minimum Gasteiger partial charge on any atom is -0.453 e. The quantitative estimate of drug-likeness (QED) is 0.611. The number of ether oxygens (including phenoxy) is 1. The second-order valence-electron chi connectivity index (χ2n) is 5.15. The van der Waals surface area contributed by atoms with Gasteiger partial charge in [-0.15, -0.1) is 0 Å². The number of hydrazine groups is 1. The van der Waals surface area contributed by atoms with Crippen molar-refractivity contribution < 1.29 is 9.53 Å². The average Bonchev–Trinajstić information content (AvgIpc) is 2.68. The van der Waals surface area contributed by atoms with E-state index in [1.165, 1.54) is 6.08 Å². The van der Waals surface area contributed by atoms with Crippen molar-refractivity contribution in [2.24, 2.45) is 4.99 Å². The molecule has 2 rings (SSSR count). The number of benzene rings is 1. The van der Waals surface area contributed by atoms with Gasteiger partial charge in [0.05, 0.1) is 5.69 Å². The van der Waals surface area contributed by atoms with Crippen molar-refractivity contribution >= 4 is 39.5 Å². The van der Waals surface area contributed by atoms with Crippen molar-refractivity contribution in [3.63, 3.8) is 0 Å². The summed E-state index contributed by atoms with van der Waals surface area (Å²) < 4.78 is 5.02. The first kappa shape index (κ1) is 16.9. The first-order valence-corrected chi connectivity index (χ1v) is 7.89. The van der Waals surface area contributed by atoms with Crippen LogP contribution in [0, 0.1) is 0 Å². The van der Waals surface area contributed by atoms with Gasteiger partial charge in [0.2, 0.25) is 0 Å². The SMILES string of the molecule is C=CCOC(=O)SC1=NC(C)(C)N(C)N1c1ccc(Cl)cc1. The van der Waals surface area contributed by atoms with E-state index in [1.807, 2.05) is 43.0 Å². The van der Waals surface area contributed by atoms with E-state index in [0.717, 1.165) is 17.4 Å². The average molecular weight is 340 g/mol. The van der Waals surface area contributed by atoms with Crippen molar-refractivity contribution in [1.29, 1.82) is 0 Å². The van der Waals surface area contributed by atoms with Crippen LogP contribution in [0.2, 0.25) is 5.02 Å². The molecule has 1 aromatic carbocycles. The van der Waals surface area contributed by atoms with E-state index >= 15 is 0 Å². The van der Waals surface area contributed by atoms with Crippen LogP contribution < -0.4 is 5.01 Å². The standard InChI is InChI=1S/C15H18ClN3O2S/c1-5-10-21-14(20)22-13-17-15(2,3)18(4)19(13)12-8-6-11(16)7-9-12/h5-9H,1,10H2,2-4H3. The maximum Gasteiger partial charge on any atom is 0.375 e. The third-order valence-electron chi connectivity index (χ3n) is 3.21. The molecule has 0 radical (unpaired) electrons. The van der Waals surface area contributed by atoms with Gasteiger partial charge in [0.25, 0.3) is 0 Å². The minimum absolute atomic E-state index is 0.180. The predicted octanol–water partition coefficient (Wildman–Crippen LogP) is 4.15. The third-order valence-corrected chi connectivity index (χ3v) is 4.19. The van der Waals surface area contributed by atoms with Crippen LogP contribution in [0.15, 0.2) is 41.9 Å². The number of hydrogen-bond acceptors (Lipinski definition) is 6. The van der Waals surface area contributed by atoms with E-state index < -0.39 is 11.0 Å². The molecule has 7 heteroatoms. The van der Waals surface area contributed by atoms with Crippen LogP contribution in [-0.4, -0.2) is 34.8 Å². The maximum atomic E-state index is 11.9. The Morgan fingerprint density at radius 3 is 2.68 bits per heavy atom. The molecule has 5 nitrogen and oxygen atoms in total. The molecule has 0 N–H and O–H groups in total. The van der Waals surface area contributed by atoms with E-state index in [9.17, 15) is 4.79 Å². The Morgan fingerprint density at radius 2 is 2.09 bits per heavy atom. The first-order chi connectivity index (χ1) is 10.3. The number of rotatable bonds is 3. The smallest absolute Gasteiger partial charge is 0.375 e. The number of hydrogen-bond donors (Lipinski definition) is 0. The Hall–Kier alpha value is -1.50. The van der Waals surface area contributed by atoms with Crippen LogP contribution in [0.5, 0.6) is 0 Å². The fourth-order valence-corrected chi connectivity index (χ4v) is 2.88. The van der Waals surface area contributed by atoms with Gasteiger partial charge in [0, 0.05) is 23.8 Å². The molecule has 1 aliphatic heterocycles. The van der Waals surface area contributed by atoms with Crippen LogP contribution in [0.1, 0.15) is 13.8 Å². The Balaban J connectivity index is 2.25. The lowest BCUT2D eigenvalue weighted by atomic mass is 10.2. The molecule has 0 unspecified atom stereocenters. The van der Waals surface area contributed by atoms with E-state index in [4.69, 9.17) is 16.3 Å². The molecule has 0 saturated carbocycles. The van der Waals surface area contributed by atoms with Gasteiger partial charge in [-0.3, -0.25) is 0 Å². The Bertz CT molecular complexity index is 601. The van der Waals surface area contributed by atoms with Gasteiger partial charge in [-0.05, 0) is 38.1 Å². The van der Waals surface area contributed by atoms with Gasteiger partial charge < -0.3 is 4.74 Å². The van der Waals surface area contributed by atoms with Gasteiger partial charge >= 0.3 is 5.30 Å². The molecule has 0 spiro atoms. The summed E-state index contributed by atoms with van der Waals surface area (Å²) in [5, 5.41) is 4.63. The first-order valence-electron chi connectivity index (χ1n) is 6.70. The summed E-state index contributed by atoms with van der Waals surface area (Å²) in [5.74, 6) is 0. The molecule has 1 aromatic rings. The lowest BCUT2D eigenvalue weighted by molar-refractivity contribution is 0.188. The van der Waals surface area contributed by atoms with Crippen LogP contribution >= 0.6 is 23.4 Å². The Labute approximate surface area is 139 Å². The van der Waals surface area contributed by atoms with E-state index in [1.54, 1.807) is 12.1 Å². The molecule has 118 valence electrons. The van der Waals surface area contributed by atoms with Crippen molar-refractivity contribution in [3.05, 3.63) is 41.9 Å². The molecule has 0 amide bonds.